The number of carbonyl (C=O) groups is 1. The van der Waals surface area contributed by atoms with Gasteiger partial charge < -0.3 is 11.1 Å². The van der Waals surface area contributed by atoms with E-state index >= 15 is 0 Å². The lowest BCUT2D eigenvalue weighted by molar-refractivity contribution is -0.115. The summed E-state index contributed by atoms with van der Waals surface area (Å²) in [7, 11) is 0. The molecule has 1 amide bonds. The van der Waals surface area contributed by atoms with E-state index in [1.54, 1.807) is 18.3 Å². The van der Waals surface area contributed by atoms with Crippen molar-refractivity contribution in [1.29, 1.82) is 0 Å². The van der Waals surface area contributed by atoms with Gasteiger partial charge in [-0.05, 0) is 23.3 Å². The third kappa shape index (κ3) is 1.98. The number of fused-ring (bicyclic) bond motifs is 1. The Balaban J connectivity index is 2.11. The van der Waals surface area contributed by atoms with Crippen molar-refractivity contribution in [2.45, 2.75) is 13.0 Å². The first-order valence-electron chi connectivity index (χ1n) is 5.95. The first-order valence-corrected chi connectivity index (χ1v) is 5.95. The molecule has 0 aliphatic carbocycles. The van der Waals surface area contributed by atoms with Crippen molar-refractivity contribution in [3.05, 3.63) is 47.4 Å². The van der Waals surface area contributed by atoms with Gasteiger partial charge in [0.25, 0.3) is 0 Å². The fourth-order valence-corrected chi connectivity index (χ4v) is 2.27. The third-order valence-electron chi connectivity index (χ3n) is 3.23. The second-order valence-electron chi connectivity index (χ2n) is 4.42. The lowest BCUT2D eigenvalue weighted by atomic mass is 9.99. The second kappa shape index (κ2) is 4.44. The minimum absolute atomic E-state index is 0.0889. The van der Waals surface area contributed by atoms with Crippen LogP contribution in [0.5, 0.6) is 0 Å². The quantitative estimate of drug-likeness (QED) is 0.862. The Hall–Kier alpha value is -2.27. The Morgan fingerprint density at radius 3 is 2.95 bits per heavy atom. The van der Waals surface area contributed by atoms with E-state index in [1.807, 2.05) is 6.07 Å². The van der Waals surface area contributed by atoms with Gasteiger partial charge >= 0.3 is 0 Å². The van der Waals surface area contributed by atoms with Crippen molar-refractivity contribution < 1.29 is 9.18 Å². The van der Waals surface area contributed by atoms with Crippen molar-refractivity contribution in [2.24, 2.45) is 5.73 Å². The lowest BCUT2D eigenvalue weighted by Gasteiger charge is -2.08. The van der Waals surface area contributed by atoms with Crippen LogP contribution in [0.4, 0.5) is 10.2 Å². The summed E-state index contributed by atoms with van der Waals surface area (Å²) < 4.78 is 13.8. The van der Waals surface area contributed by atoms with Crippen LogP contribution in [0.25, 0.3) is 11.1 Å². The molecule has 0 spiro atoms. The number of aromatic nitrogens is 1. The Morgan fingerprint density at radius 1 is 1.37 bits per heavy atom. The van der Waals surface area contributed by atoms with Crippen LogP contribution in [0.2, 0.25) is 0 Å². The van der Waals surface area contributed by atoms with Gasteiger partial charge in [-0.15, -0.1) is 0 Å². The van der Waals surface area contributed by atoms with E-state index in [0.717, 1.165) is 16.7 Å². The number of nitrogens with two attached hydrogens (primary N) is 1. The summed E-state index contributed by atoms with van der Waals surface area (Å²) in [6.45, 7) is 0.167. The average molecular weight is 257 g/mol. The van der Waals surface area contributed by atoms with E-state index in [2.05, 4.69) is 10.3 Å². The van der Waals surface area contributed by atoms with Crippen molar-refractivity contribution in [1.82, 2.24) is 4.98 Å². The highest BCUT2D eigenvalue weighted by Crippen LogP contribution is 2.32. The number of rotatable bonds is 2. The van der Waals surface area contributed by atoms with Gasteiger partial charge in [0.15, 0.2) is 0 Å². The van der Waals surface area contributed by atoms with Crippen LogP contribution in [-0.2, 0) is 17.8 Å². The van der Waals surface area contributed by atoms with Crippen LogP contribution in [0, 0.1) is 5.82 Å². The van der Waals surface area contributed by atoms with Crippen LogP contribution in [0.3, 0.4) is 0 Å². The van der Waals surface area contributed by atoms with Gasteiger partial charge in [-0.25, -0.2) is 9.37 Å². The van der Waals surface area contributed by atoms with Crippen LogP contribution < -0.4 is 11.1 Å². The summed E-state index contributed by atoms with van der Waals surface area (Å²) >= 11 is 0. The van der Waals surface area contributed by atoms with Crippen LogP contribution in [-0.4, -0.2) is 10.9 Å². The molecule has 3 N–H and O–H groups in total. The Morgan fingerprint density at radius 2 is 2.21 bits per heavy atom. The second-order valence-corrected chi connectivity index (χ2v) is 4.42. The number of anilines is 1. The minimum Gasteiger partial charge on any atom is -0.326 e. The first-order chi connectivity index (χ1) is 9.19. The molecule has 0 atom stereocenters. The van der Waals surface area contributed by atoms with Crippen LogP contribution >= 0.6 is 0 Å². The zero-order chi connectivity index (χ0) is 13.4. The highest BCUT2D eigenvalue weighted by Gasteiger charge is 2.22. The number of halogens is 1. The molecule has 2 heterocycles. The zero-order valence-electron chi connectivity index (χ0n) is 10.1. The van der Waals surface area contributed by atoms with Gasteiger partial charge in [0.1, 0.15) is 11.6 Å². The van der Waals surface area contributed by atoms with Crippen LogP contribution in [0.1, 0.15) is 11.1 Å². The maximum Gasteiger partial charge on any atom is 0.230 e. The topological polar surface area (TPSA) is 68.0 Å². The summed E-state index contributed by atoms with van der Waals surface area (Å²) in [6.07, 6.45) is 1.88. The van der Waals surface area contributed by atoms with Gasteiger partial charge in [-0.2, -0.15) is 0 Å². The number of nitrogens with one attached hydrogen (secondary N) is 1. The molecule has 19 heavy (non-hydrogen) atoms. The molecule has 1 aliphatic heterocycles. The van der Waals surface area contributed by atoms with E-state index in [9.17, 15) is 9.18 Å². The SMILES string of the molecule is NCc1ccc(-c2ccnc3c2CC(=O)N3)cc1F. The van der Waals surface area contributed by atoms with E-state index in [1.165, 1.54) is 6.07 Å². The normalized spacial score (nSPS) is 13.3. The maximum atomic E-state index is 13.8. The van der Waals surface area contributed by atoms with E-state index in [4.69, 9.17) is 5.73 Å². The Labute approximate surface area is 109 Å². The number of benzene rings is 1. The lowest BCUT2D eigenvalue weighted by Crippen LogP contribution is -2.04. The molecular formula is C14H12FN3O. The van der Waals surface area contributed by atoms with Gasteiger partial charge in [0.05, 0.1) is 6.42 Å². The van der Waals surface area contributed by atoms with Crippen molar-refractivity contribution in [3.63, 3.8) is 0 Å². The van der Waals surface area contributed by atoms with Crippen molar-refractivity contribution >= 4 is 11.7 Å². The molecule has 1 aliphatic rings. The Bertz CT molecular complexity index is 670. The van der Waals surface area contributed by atoms with E-state index in [0.29, 0.717) is 11.4 Å². The smallest absolute Gasteiger partial charge is 0.230 e. The number of nitrogens with zero attached hydrogens (tertiary/aromatic N) is 1. The first kappa shape index (κ1) is 11.8. The molecular weight excluding hydrogens is 245 g/mol. The summed E-state index contributed by atoms with van der Waals surface area (Å²) in [6, 6.07) is 6.71. The average Bonchev–Trinajstić information content (AvgIpc) is 2.78. The minimum atomic E-state index is -0.331. The molecule has 0 radical (unpaired) electrons. The van der Waals surface area contributed by atoms with E-state index in [-0.39, 0.29) is 24.7 Å². The number of amides is 1. The Kier molecular flexibility index (Phi) is 2.76. The molecule has 0 saturated carbocycles. The van der Waals surface area contributed by atoms with Gasteiger partial charge in [0, 0.05) is 23.9 Å². The van der Waals surface area contributed by atoms with Gasteiger partial charge in [-0.1, -0.05) is 12.1 Å². The molecule has 1 aromatic heterocycles. The summed E-state index contributed by atoms with van der Waals surface area (Å²) in [5, 5.41) is 2.68. The van der Waals surface area contributed by atoms with Gasteiger partial charge in [0.2, 0.25) is 5.91 Å². The predicted molar refractivity (Wildman–Crippen MR) is 69.9 cm³/mol. The molecule has 2 aromatic rings. The summed E-state index contributed by atoms with van der Waals surface area (Å²) in [4.78, 5) is 15.5. The molecule has 0 saturated heterocycles. The standard InChI is InChI=1S/C14H12FN3O/c15-12-5-8(1-2-9(12)7-16)10-3-4-17-14-11(10)6-13(19)18-14/h1-5H,6-7,16H2,(H,17,18,19). The monoisotopic (exact) mass is 257 g/mol. The fourth-order valence-electron chi connectivity index (χ4n) is 2.27. The number of pyridine rings is 1. The molecule has 1 aromatic carbocycles. The van der Waals surface area contributed by atoms with E-state index < -0.39 is 0 Å². The maximum absolute atomic E-state index is 13.8. The predicted octanol–water partition coefficient (Wildman–Crippen LogP) is 1.84. The largest absolute Gasteiger partial charge is 0.326 e. The zero-order valence-corrected chi connectivity index (χ0v) is 10.1. The molecule has 0 fully saturated rings. The molecule has 96 valence electrons. The third-order valence-corrected chi connectivity index (χ3v) is 3.23. The summed E-state index contributed by atoms with van der Waals surface area (Å²) in [5.74, 6) is 0.141. The molecule has 0 bridgehead atoms. The number of hydrogen-bond acceptors (Lipinski definition) is 3. The molecule has 5 heteroatoms. The summed E-state index contributed by atoms with van der Waals surface area (Å²) in [5.41, 5.74) is 8.28. The molecule has 4 nitrogen and oxygen atoms in total. The highest BCUT2D eigenvalue weighted by molar-refractivity contribution is 6.00. The van der Waals surface area contributed by atoms with Crippen LogP contribution in [0.15, 0.2) is 30.5 Å². The van der Waals surface area contributed by atoms with Crippen molar-refractivity contribution in [3.8, 4) is 11.1 Å². The molecule has 0 unspecified atom stereocenters. The number of hydrogen-bond donors (Lipinski definition) is 2. The highest BCUT2D eigenvalue weighted by atomic mass is 19.1. The molecule has 3 rings (SSSR count). The van der Waals surface area contributed by atoms with Gasteiger partial charge in [-0.3, -0.25) is 4.79 Å². The van der Waals surface area contributed by atoms with Crippen molar-refractivity contribution in [2.75, 3.05) is 5.32 Å². The fraction of sp³-hybridized carbons (Fsp3) is 0.143. The number of carbonyl (C=O) groups excluding carboxylic acids is 1.